The normalized spacial score (nSPS) is 24.9. The smallest absolute Gasteiger partial charge is 0.328 e. The van der Waals surface area contributed by atoms with E-state index in [2.05, 4.69) is 17.0 Å². The summed E-state index contributed by atoms with van der Waals surface area (Å²) in [7, 11) is 1.68. The van der Waals surface area contributed by atoms with Gasteiger partial charge in [-0.15, -0.1) is 0 Å². The van der Waals surface area contributed by atoms with Crippen molar-refractivity contribution < 1.29 is 14.6 Å². The van der Waals surface area contributed by atoms with E-state index in [1.54, 1.807) is 7.11 Å². The van der Waals surface area contributed by atoms with Crippen LogP contribution in [0.5, 0.6) is 5.75 Å². The van der Waals surface area contributed by atoms with Gasteiger partial charge in [-0.3, -0.25) is 4.90 Å². The fourth-order valence-corrected chi connectivity index (χ4v) is 3.63. The average molecular weight is 287 g/mol. The van der Waals surface area contributed by atoms with Crippen molar-refractivity contribution in [1.29, 1.82) is 0 Å². The van der Waals surface area contributed by atoms with Crippen LogP contribution in [0.15, 0.2) is 35.9 Å². The van der Waals surface area contributed by atoms with Crippen LogP contribution in [0.1, 0.15) is 31.2 Å². The van der Waals surface area contributed by atoms with E-state index < -0.39 is 5.97 Å². The zero-order chi connectivity index (χ0) is 14.8. The molecule has 0 radical (unpaired) electrons. The Labute approximate surface area is 125 Å². The van der Waals surface area contributed by atoms with E-state index in [0.717, 1.165) is 30.7 Å². The largest absolute Gasteiger partial charge is 0.497 e. The number of piperidine rings is 1. The number of carboxylic acids is 1. The van der Waals surface area contributed by atoms with Crippen LogP contribution >= 0.6 is 0 Å². The van der Waals surface area contributed by atoms with Crippen LogP contribution in [0.25, 0.3) is 0 Å². The molecule has 0 spiro atoms. The molecule has 21 heavy (non-hydrogen) atoms. The van der Waals surface area contributed by atoms with Gasteiger partial charge in [0.15, 0.2) is 0 Å². The number of fused-ring (bicyclic) bond motifs is 2. The van der Waals surface area contributed by atoms with Crippen LogP contribution in [0.2, 0.25) is 0 Å². The van der Waals surface area contributed by atoms with Gasteiger partial charge in [0.25, 0.3) is 0 Å². The van der Waals surface area contributed by atoms with Crippen molar-refractivity contribution in [2.45, 2.75) is 44.3 Å². The summed E-state index contributed by atoms with van der Waals surface area (Å²) in [5, 5.41) is 8.91. The Kier molecular flexibility index (Phi) is 3.97. The molecule has 1 aromatic carbocycles. The van der Waals surface area contributed by atoms with Crippen molar-refractivity contribution in [3.8, 4) is 5.75 Å². The zero-order valence-corrected chi connectivity index (χ0v) is 12.3. The van der Waals surface area contributed by atoms with Gasteiger partial charge in [0.2, 0.25) is 0 Å². The number of carboxylic acid groups (broad SMARTS) is 1. The molecule has 0 saturated carbocycles. The third-order valence-electron chi connectivity index (χ3n) is 4.62. The SMILES string of the molecule is COc1ccc(CN2C3CCC2CC(=CC(=O)O)C3)cc1. The molecule has 2 saturated heterocycles. The maximum Gasteiger partial charge on any atom is 0.328 e. The van der Waals surface area contributed by atoms with Crippen molar-refractivity contribution in [1.82, 2.24) is 4.90 Å². The molecule has 0 amide bonds. The molecule has 2 atom stereocenters. The molecule has 4 nitrogen and oxygen atoms in total. The first-order valence-electron chi connectivity index (χ1n) is 7.47. The number of ether oxygens (including phenoxy) is 1. The van der Waals surface area contributed by atoms with E-state index in [4.69, 9.17) is 9.84 Å². The first-order chi connectivity index (χ1) is 10.2. The number of benzene rings is 1. The summed E-state index contributed by atoms with van der Waals surface area (Å²) in [6.07, 6.45) is 5.57. The van der Waals surface area contributed by atoms with Gasteiger partial charge in [-0.25, -0.2) is 4.79 Å². The van der Waals surface area contributed by atoms with Gasteiger partial charge >= 0.3 is 5.97 Å². The lowest BCUT2D eigenvalue weighted by molar-refractivity contribution is -0.131. The molecule has 1 aromatic rings. The monoisotopic (exact) mass is 287 g/mol. The van der Waals surface area contributed by atoms with Crippen LogP contribution in [0.4, 0.5) is 0 Å². The zero-order valence-electron chi connectivity index (χ0n) is 12.3. The number of aliphatic carboxylic acids is 1. The number of rotatable bonds is 4. The first kappa shape index (κ1) is 14.1. The minimum absolute atomic E-state index is 0.497. The second-order valence-electron chi connectivity index (χ2n) is 5.95. The topological polar surface area (TPSA) is 49.8 Å². The third kappa shape index (κ3) is 3.10. The van der Waals surface area contributed by atoms with Gasteiger partial charge in [0.05, 0.1) is 7.11 Å². The van der Waals surface area contributed by atoms with Crippen LogP contribution in [-0.4, -0.2) is 35.2 Å². The van der Waals surface area contributed by atoms with Gasteiger partial charge in [-0.2, -0.15) is 0 Å². The highest BCUT2D eigenvalue weighted by atomic mass is 16.5. The predicted molar refractivity (Wildman–Crippen MR) is 80.3 cm³/mol. The first-order valence-corrected chi connectivity index (χ1v) is 7.47. The van der Waals surface area contributed by atoms with Crippen LogP contribution < -0.4 is 4.74 Å². The van der Waals surface area contributed by atoms with E-state index in [1.165, 1.54) is 24.5 Å². The molecule has 2 unspecified atom stereocenters. The maximum absolute atomic E-state index is 10.8. The molecule has 2 aliphatic rings. The van der Waals surface area contributed by atoms with E-state index in [9.17, 15) is 4.79 Å². The maximum atomic E-state index is 10.8. The molecule has 0 aromatic heterocycles. The van der Waals surface area contributed by atoms with E-state index in [0.29, 0.717) is 12.1 Å². The average Bonchev–Trinajstić information content (AvgIpc) is 2.70. The van der Waals surface area contributed by atoms with Gasteiger partial charge in [-0.05, 0) is 43.4 Å². The quantitative estimate of drug-likeness (QED) is 0.865. The standard InChI is InChI=1S/C17H21NO3/c1-21-16-6-2-12(3-7-16)11-18-14-4-5-15(18)9-13(8-14)10-17(19)20/h2-3,6-7,10,14-15H,4-5,8-9,11H2,1H3,(H,19,20). The van der Waals surface area contributed by atoms with Crippen LogP contribution in [-0.2, 0) is 11.3 Å². The van der Waals surface area contributed by atoms with Crippen molar-refractivity contribution in [3.63, 3.8) is 0 Å². The predicted octanol–water partition coefficient (Wildman–Crippen LogP) is 2.83. The Morgan fingerprint density at radius 1 is 1.29 bits per heavy atom. The van der Waals surface area contributed by atoms with Crippen LogP contribution in [0, 0.1) is 0 Å². The summed E-state index contributed by atoms with van der Waals surface area (Å²) < 4.78 is 5.19. The summed E-state index contributed by atoms with van der Waals surface area (Å²) >= 11 is 0. The summed E-state index contributed by atoms with van der Waals surface area (Å²) in [4.78, 5) is 13.4. The second-order valence-corrected chi connectivity index (χ2v) is 5.95. The number of carbonyl (C=O) groups is 1. The molecule has 2 fully saturated rings. The Balaban J connectivity index is 1.69. The van der Waals surface area contributed by atoms with Crippen molar-refractivity contribution in [2.75, 3.05) is 7.11 Å². The van der Waals surface area contributed by atoms with Gasteiger partial charge in [-0.1, -0.05) is 17.7 Å². The van der Waals surface area contributed by atoms with Crippen molar-refractivity contribution in [2.24, 2.45) is 0 Å². The number of nitrogens with zero attached hydrogens (tertiary/aromatic N) is 1. The van der Waals surface area contributed by atoms with Gasteiger partial charge < -0.3 is 9.84 Å². The molecular weight excluding hydrogens is 266 g/mol. The summed E-state index contributed by atoms with van der Waals surface area (Å²) in [5.74, 6) is 0.0695. The molecular formula is C17H21NO3. The van der Waals surface area contributed by atoms with E-state index in [-0.39, 0.29) is 0 Å². The van der Waals surface area contributed by atoms with Crippen LogP contribution in [0.3, 0.4) is 0 Å². The summed E-state index contributed by atoms with van der Waals surface area (Å²) in [6, 6.07) is 9.21. The molecule has 2 heterocycles. The molecule has 3 rings (SSSR count). The third-order valence-corrected chi connectivity index (χ3v) is 4.62. The fraction of sp³-hybridized carbons (Fsp3) is 0.471. The highest BCUT2D eigenvalue weighted by molar-refractivity contribution is 5.80. The van der Waals surface area contributed by atoms with E-state index >= 15 is 0 Å². The Morgan fingerprint density at radius 2 is 1.90 bits per heavy atom. The molecule has 112 valence electrons. The minimum Gasteiger partial charge on any atom is -0.497 e. The molecule has 4 heteroatoms. The highest BCUT2D eigenvalue weighted by Gasteiger charge is 2.38. The van der Waals surface area contributed by atoms with E-state index in [1.807, 2.05) is 12.1 Å². The summed E-state index contributed by atoms with van der Waals surface area (Å²) in [5.41, 5.74) is 2.39. The number of hydrogen-bond donors (Lipinski definition) is 1. The van der Waals surface area contributed by atoms with Crippen molar-refractivity contribution >= 4 is 5.97 Å². The summed E-state index contributed by atoms with van der Waals surface area (Å²) in [6.45, 7) is 0.944. The molecule has 2 aliphatic heterocycles. The Hall–Kier alpha value is -1.81. The van der Waals surface area contributed by atoms with Crippen molar-refractivity contribution in [3.05, 3.63) is 41.5 Å². The fourth-order valence-electron chi connectivity index (χ4n) is 3.63. The molecule has 0 aliphatic carbocycles. The molecule has 1 N–H and O–H groups in total. The number of hydrogen-bond acceptors (Lipinski definition) is 3. The number of methoxy groups -OCH3 is 1. The molecule has 2 bridgehead atoms. The lowest BCUT2D eigenvalue weighted by atomic mass is 9.95. The lowest BCUT2D eigenvalue weighted by Gasteiger charge is -2.36. The lowest BCUT2D eigenvalue weighted by Crippen LogP contribution is -2.39. The Bertz CT molecular complexity index is 534. The minimum atomic E-state index is -0.812. The van der Waals surface area contributed by atoms with Gasteiger partial charge in [0, 0.05) is 24.7 Å². The second kappa shape index (κ2) is 5.90. The van der Waals surface area contributed by atoms with Gasteiger partial charge in [0.1, 0.15) is 5.75 Å². The highest BCUT2D eigenvalue weighted by Crippen LogP contribution is 2.39. The Morgan fingerprint density at radius 3 is 2.43 bits per heavy atom.